The first-order valence-electron chi connectivity index (χ1n) is 4.12. The number of nitrogens with one attached hydrogen (secondary N) is 2. The van der Waals surface area contributed by atoms with Crippen LogP contribution in [0.5, 0.6) is 0 Å². The highest BCUT2D eigenvalue weighted by molar-refractivity contribution is 5.88. The molecule has 13 heavy (non-hydrogen) atoms. The van der Waals surface area contributed by atoms with Gasteiger partial charge in [0.15, 0.2) is 0 Å². The van der Waals surface area contributed by atoms with Crippen molar-refractivity contribution in [3.63, 3.8) is 0 Å². The van der Waals surface area contributed by atoms with Crippen molar-refractivity contribution in [1.82, 2.24) is 5.43 Å². The molecule has 1 aromatic carbocycles. The number of benzene rings is 1. The van der Waals surface area contributed by atoms with Crippen LogP contribution < -0.4 is 16.6 Å². The Morgan fingerprint density at radius 2 is 2.31 bits per heavy atom. The van der Waals surface area contributed by atoms with E-state index in [1.165, 1.54) is 5.56 Å². The summed E-state index contributed by atoms with van der Waals surface area (Å²) in [4.78, 5) is 10.8. The van der Waals surface area contributed by atoms with Crippen LogP contribution >= 0.6 is 0 Å². The van der Waals surface area contributed by atoms with E-state index < -0.39 is 6.03 Å². The van der Waals surface area contributed by atoms with Crippen LogP contribution in [0.1, 0.15) is 12.5 Å². The third-order valence-electron chi connectivity index (χ3n) is 1.72. The fraction of sp³-hybridized carbons (Fsp3) is 0.222. The number of anilines is 1. The largest absolute Gasteiger partial charge is 0.333 e. The lowest BCUT2D eigenvalue weighted by Gasteiger charge is -2.04. The normalized spacial score (nSPS) is 9.38. The lowest BCUT2D eigenvalue weighted by molar-refractivity contribution is 0.252. The topological polar surface area (TPSA) is 67.2 Å². The van der Waals surface area contributed by atoms with Gasteiger partial charge in [-0.15, -0.1) is 0 Å². The van der Waals surface area contributed by atoms with Crippen LogP contribution in [0.15, 0.2) is 24.3 Å². The van der Waals surface area contributed by atoms with E-state index in [1.807, 2.05) is 29.7 Å². The minimum atomic E-state index is -0.409. The highest BCUT2D eigenvalue weighted by Gasteiger charge is 1.98. The molecular weight excluding hydrogens is 166 g/mol. The number of nitrogens with two attached hydrogens (primary N) is 1. The maximum absolute atomic E-state index is 10.8. The van der Waals surface area contributed by atoms with Crippen molar-refractivity contribution < 1.29 is 4.79 Å². The predicted octanol–water partition coefficient (Wildman–Crippen LogP) is 1.24. The Kier molecular flexibility index (Phi) is 3.28. The highest BCUT2D eigenvalue weighted by Crippen LogP contribution is 2.10. The van der Waals surface area contributed by atoms with Gasteiger partial charge in [-0.05, 0) is 24.1 Å². The van der Waals surface area contributed by atoms with E-state index in [1.54, 1.807) is 0 Å². The lowest BCUT2D eigenvalue weighted by Crippen LogP contribution is -2.34. The number of hydrogen-bond donors (Lipinski definition) is 3. The maximum Gasteiger partial charge on any atom is 0.333 e. The SMILES string of the molecule is CCc1cccc(NC(=O)NN)c1. The third kappa shape index (κ3) is 2.76. The second-order valence-corrected chi connectivity index (χ2v) is 2.65. The van der Waals surface area contributed by atoms with Gasteiger partial charge in [-0.25, -0.2) is 10.6 Å². The molecule has 1 rings (SSSR count). The van der Waals surface area contributed by atoms with E-state index in [9.17, 15) is 4.79 Å². The van der Waals surface area contributed by atoms with Gasteiger partial charge in [-0.3, -0.25) is 5.43 Å². The van der Waals surface area contributed by atoms with E-state index in [0.717, 1.165) is 12.1 Å². The molecule has 0 aliphatic rings. The maximum atomic E-state index is 10.8. The number of hydrogen-bond acceptors (Lipinski definition) is 2. The van der Waals surface area contributed by atoms with Crippen LogP contribution in [0.3, 0.4) is 0 Å². The van der Waals surface area contributed by atoms with Crippen LogP contribution in [0, 0.1) is 0 Å². The fourth-order valence-corrected chi connectivity index (χ4v) is 1.04. The van der Waals surface area contributed by atoms with Gasteiger partial charge in [0.2, 0.25) is 0 Å². The monoisotopic (exact) mass is 179 g/mol. The number of urea groups is 1. The van der Waals surface area contributed by atoms with E-state index >= 15 is 0 Å². The average molecular weight is 179 g/mol. The molecule has 1 aromatic rings. The summed E-state index contributed by atoms with van der Waals surface area (Å²) in [5, 5.41) is 2.59. The quantitative estimate of drug-likeness (QED) is 0.363. The summed E-state index contributed by atoms with van der Waals surface area (Å²) in [5.41, 5.74) is 3.93. The van der Waals surface area contributed by atoms with Gasteiger partial charge in [0.05, 0.1) is 0 Å². The van der Waals surface area contributed by atoms with Gasteiger partial charge in [-0.2, -0.15) is 0 Å². The molecule has 0 radical (unpaired) electrons. The summed E-state index contributed by atoms with van der Waals surface area (Å²) in [7, 11) is 0. The molecule has 0 heterocycles. The fourth-order valence-electron chi connectivity index (χ4n) is 1.04. The Morgan fingerprint density at radius 1 is 1.54 bits per heavy atom. The minimum absolute atomic E-state index is 0.409. The standard InChI is InChI=1S/C9H13N3O/c1-2-7-4-3-5-8(6-7)11-9(13)12-10/h3-6H,2,10H2,1H3,(H2,11,12,13). The second kappa shape index (κ2) is 4.47. The van der Waals surface area contributed by atoms with Crippen molar-refractivity contribution in [2.45, 2.75) is 13.3 Å². The average Bonchev–Trinajstić information content (AvgIpc) is 2.18. The molecule has 0 bridgehead atoms. The molecule has 0 spiro atoms. The highest BCUT2D eigenvalue weighted by atomic mass is 16.2. The zero-order chi connectivity index (χ0) is 9.68. The van der Waals surface area contributed by atoms with Crippen molar-refractivity contribution in [3.8, 4) is 0 Å². The first kappa shape index (κ1) is 9.54. The number of aryl methyl sites for hydroxylation is 1. The first-order valence-corrected chi connectivity index (χ1v) is 4.12. The molecule has 0 aliphatic carbocycles. The van der Waals surface area contributed by atoms with Crippen LogP contribution in [-0.4, -0.2) is 6.03 Å². The van der Waals surface area contributed by atoms with Crippen molar-refractivity contribution in [1.29, 1.82) is 0 Å². The Hall–Kier alpha value is -1.55. The summed E-state index contributed by atoms with van der Waals surface area (Å²) < 4.78 is 0. The molecule has 2 amide bonds. The van der Waals surface area contributed by atoms with Crippen LogP contribution in [0.4, 0.5) is 10.5 Å². The zero-order valence-corrected chi connectivity index (χ0v) is 7.50. The van der Waals surface area contributed by atoms with Crippen molar-refractivity contribution in [2.24, 2.45) is 5.84 Å². The smallest absolute Gasteiger partial charge is 0.307 e. The molecule has 0 unspecified atom stereocenters. The third-order valence-corrected chi connectivity index (χ3v) is 1.72. The number of rotatable bonds is 2. The van der Waals surface area contributed by atoms with Gasteiger partial charge in [0.25, 0.3) is 0 Å². The molecular formula is C9H13N3O. The minimum Gasteiger partial charge on any atom is -0.307 e. The number of carbonyl (C=O) groups is 1. The summed E-state index contributed by atoms with van der Waals surface area (Å²) in [6.07, 6.45) is 0.944. The van der Waals surface area contributed by atoms with Gasteiger partial charge >= 0.3 is 6.03 Å². The van der Waals surface area contributed by atoms with E-state index in [2.05, 4.69) is 12.2 Å². The number of carbonyl (C=O) groups excluding carboxylic acids is 1. The van der Waals surface area contributed by atoms with Gasteiger partial charge in [-0.1, -0.05) is 19.1 Å². The van der Waals surface area contributed by atoms with Gasteiger partial charge < -0.3 is 5.32 Å². The molecule has 0 aliphatic heterocycles. The Bertz CT molecular complexity index is 299. The van der Waals surface area contributed by atoms with Crippen LogP contribution in [0.25, 0.3) is 0 Å². The zero-order valence-electron chi connectivity index (χ0n) is 7.50. The molecule has 0 saturated heterocycles. The second-order valence-electron chi connectivity index (χ2n) is 2.65. The first-order chi connectivity index (χ1) is 6.26. The summed E-state index contributed by atoms with van der Waals surface area (Å²) >= 11 is 0. The summed E-state index contributed by atoms with van der Waals surface area (Å²) in [6.45, 7) is 2.06. The van der Waals surface area contributed by atoms with E-state index in [0.29, 0.717) is 0 Å². The van der Waals surface area contributed by atoms with Gasteiger partial charge in [0, 0.05) is 5.69 Å². The molecule has 4 N–H and O–H groups in total. The Morgan fingerprint density at radius 3 is 2.92 bits per heavy atom. The Labute approximate surface area is 77.1 Å². The number of amides is 2. The van der Waals surface area contributed by atoms with Crippen LogP contribution in [-0.2, 0) is 6.42 Å². The van der Waals surface area contributed by atoms with Crippen molar-refractivity contribution >= 4 is 11.7 Å². The van der Waals surface area contributed by atoms with E-state index in [4.69, 9.17) is 5.84 Å². The van der Waals surface area contributed by atoms with Crippen molar-refractivity contribution in [2.75, 3.05) is 5.32 Å². The lowest BCUT2D eigenvalue weighted by atomic mass is 10.1. The molecule has 4 heteroatoms. The summed E-state index contributed by atoms with van der Waals surface area (Å²) in [6, 6.07) is 7.22. The van der Waals surface area contributed by atoms with Crippen molar-refractivity contribution in [3.05, 3.63) is 29.8 Å². The molecule has 0 atom stereocenters. The molecule has 0 fully saturated rings. The molecule has 4 nitrogen and oxygen atoms in total. The Balaban J connectivity index is 2.71. The predicted molar refractivity (Wildman–Crippen MR) is 52.2 cm³/mol. The summed E-state index contributed by atoms with van der Waals surface area (Å²) in [5.74, 6) is 4.93. The molecule has 0 aromatic heterocycles. The van der Waals surface area contributed by atoms with E-state index in [-0.39, 0.29) is 0 Å². The molecule has 70 valence electrons. The van der Waals surface area contributed by atoms with Gasteiger partial charge in [0.1, 0.15) is 0 Å². The van der Waals surface area contributed by atoms with Crippen LogP contribution in [0.2, 0.25) is 0 Å². The number of hydrazine groups is 1. The molecule has 0 saturated carbocycles.